The lowest BCUT2D eigenvalue weighted by molar-refractivity contribution is -0.213. The van der Waals surface area contributed by atoms with E-state index >= 15 is 0 Å². The van der Waals surface area contributed by atoms with Crippen molar-refractivity contribution in [2.24, 2.45) is 23.2 Å². The highest BCUT2D eigenvalue weighted by Crippen LogP contribution is 2.63. The van der Waals surface area contributed by atoms with E-state index in [0.29, 0.717) is 35.9 Å². The summed E-state index contributed by atoms with van der Waals surface area (Å²) < 4.78 is 18.3. The molecular formula is C40H63NO5. The molecule has 46 heavy (non-hydrogen) atoms. The molecule has 1 aromatic carbocycles. The standard InChI is InChI=1S/C40H63NO5/c1-5-6-26-41(3)36(42)18-14-12-10-8-7-9-11-13-17-32-38-31(30-21-20-29(44-4)28-33(30)39(32)43)24-25-40(2)34(38)22-23-35(40)46-37-19-15-16-27-45-37/h20-21,28,31-32,34-35,37-38H,5-19,22-27H2,1-4H3/t31-,32+,34+,35+,37?,38+,40+/m1/s1. The number of hydrogen-bond acceptors (Lipinski definition) is 5. The second-order valence-electron chi connectivity index (χ2n) is 15.3. The van der Waals surface area contributed by atoms with Crippen LogP contribution in [0.3, 0.4) is 0 Å². The normalized spacial score (nSPS) is 30.4. The van der Waals surface area contributed by atoms with Crippen molar-refractivity contribution in [2.75, 3.05) is 27.3 Å². The molecule has 1 aliphatic heterocycles. The van der Waals surface area contributed by atoms with Gasteiger partial charge in [0, 0.05) is 38.1 Å². The molecule has 0 spiro atoms. The molecule has 0 bridgehead atoms. The van der Waals surface area contributed by atoms with Crippen LogP contribution < -0.4 is 4.74 Å². The van der Waals surface area contributed by atoms with Crippen LogP contribution in [0.15, 0.2) is 18.2 Å². The SMILES string of the molecule is CCCCN(C)C(=O)CCCCCCCCCC[C@@H]1C(=O)c2cc(OC)ccc2[C@H]2CC[C@]3(C)[C@@H](OC4CCCCO4)CC[C@H]3[C@H]12. The number of Topliss-reactive ketones (excluding diaryl/α,β-unsaturated/α-hetero) is 1. The number of carbonyl (C=O) groups is 2. The maximum atomic E-state index is 14.3. The van der Waals surface area contributed by atoms with Gasteiger partial charge >= 0.3 is 0 Å². The highest BCUT2D eigenvalue weighted by molar-refractivity contribution is 6.01. The number of ketones is 1. The second kappa shape index (κ2) is 17.0. The lowest BCUT2D eigenvalue weighted by atomic mass is 9.51. The molecule has 6 nitrogen and oxygen atoms in total. The number of methoxy groups -OCH3 is 1. The van der Waals surface area contributed by atoms with Gasteiger partial charge in [0.1, 0.15) is 5.75 Å². The Morgan fingerprint density at radius 3 is 2.46 bits per heavy atom. The lowest BCUT2D eigenvalue weighted by Crippen LogP contribution is -2.50. The summed E-state index contributed by atoms with van der Waals surface area (Å²) in [6.07, 6.45) is 21.4. The average Bonchev–Trinajstić information content (AvgIpc) is 3.41. The summed E-state index contributed by atoms with van der Waals surface area (Å²) in [5.41, 5.74) is 2.30. The summed E-state index contributed by atoms with van der Waals surface area (Å²) in [6.45, 7) is 6.34. The van der Waals surface area contributed by atoms with E-state index in [1.807, 2.05) is 18.0 Å². The molecule has 3 fully saturated rings. The quantitative estimate of drug-likeness (QED) is 0.159. The Kier molecular flexibility index (Phi) is 13.0. The Bertz CT molecular complexity index is 1130. The first-order chi connectivity index (χ1) is 22.4. The third-order valence-corrected chi connectivity index (χ3v) is 12.4. The average molecular weight is 638 g/mol. The molecule has 0 radical (unpaired) electrons. The summed E-state index contributed by atoms with van der Waals surface area (Å²) in [5.74, 6) is 2.90. The van der Waals surface area contributed by atoms with E-state index in [4.69, 9.17) is 14.2 Å². The molecule has 1 saturated heterocycles. The maximum Gasteiger partial charge on any atom is 0.222 e. The van der Waals surface area contributed by atoms with E-state index in [1.165, 1.54) is 44.1 Å². The molecule has 6 heteroatoms. The van der Waals surface area contributed by atoms with E-state index in [0.717, 1.165) is 102 Å². The molecule has 1 amide bonds. The van der Waals surface area contributed by atoms with Gasteiger partial charge in [-0.2, -0.15) is 0 Å². The highest BCUT2D eigenvalue weighted by Gasteiger charge is 2.59. The Balaban J connectivity index is 1.14. The minimum Gasteiger partial charge on any atom is -0.497 e. The van der Waals surface area contributed by atoms with E-state index in [2.05, 4.69) is 26.0 Å². The second-order valence-corrected chi connectivity index (χ2v) is 15.3. The predicted octanol–water partition coefficient (Wildman–Crippen LogP) is 9.49. The number of fused-ring (bicyclic) bond motifs is 5. The molecule has 1 heterocycles. The van der Waals surface area contributed by atoms with Crippen LogP contribution in [0.5, 0.6) is 5.75 Å². The molecule has 4 aliphatic rings. The van der Waals surface area contributed by atoms with Gasteiger partial charge in [-0.25, -0.2) is 0 Å². The van der Waals surface area contributed by atoms with Crippen molar-refractivity contribution in [3.8, 4) is 5.75 Å². The van der Waals surface area contributed by atoms with Crippen LogP contribution in [0.4, 0.5) is 0 Å². The number of ether oxygens (including phenoxy) is 3. The van der Waals surface area contributed by atoms with E-state index in [9.17, 15) is 9.59 Å². The van der Waals surface area contributed by atoms with Crippen LogP contribution in [-0.4, -0.2) is 56.3 Å². The van der Waals surface area contributed by atoms with Gasteiger partial charge in [-0.3, -0.25) is 9.59 Å². The van der Waals surface area contributed by atoms with Crippen molar-refractivity contribution < 1.29 is 23.8 Å². The molecule has 1 aromatic rings. The molecule has 1 unspecified atom stereocenters. The zero-order valence-corrected chi connectivity index (χ0v) is 29.5. The molecule has 0 N–H and O–H groups in total. The van der Waals surface area contributed by atoms with Crippen LogP contribution in [-0.2, 0) is 14.3 Å². The molecule has 0 aromatic heterocycles. The molecule has 5 rings (SSSR count). The van der Waals surface area contributed by atoms with Crippen LogP contribution in [0.2, 0.25) is 0 Å². The number of unbranched alkanes of at least 4 members (excludes halogenated alkanes) is 8. The number of hydrogen-bond donors (Lipinski definition) is 0. The zero-order chi connectivity index (χ0) is 32.5. The maximum absolute atomic E-state index is 14.3. The topological polar surface area (TPSA) is 65.1 Å². The minimum absolute atomic E-state index is 0.0521. The van der Waals surface area contributed by atoms with Crippen LogP contribution >= 0.6 is 0 Å². The molecule has 258 valence electrons. The largest absolute Gasteiger partial charge is 0.497 e. The third-order valence-electron chi connectivity index (χ3n) is 12.4. The molecule has 3 aliphatic carbocycles. The first kappa shape index (κ1) is 35.4. The number of nitrogens with zero attached hydrogens (tertiary/aromatic N) is 1. The van der Waals surface area contributed by atoms with Gasteiger partial charge in [0.05, 0.1) is 13.2 Å². The number of amides is 1. The van der Waals surface area contributed by atoms with Gasteiger partial charge in [0.15, 0.2) is 12.1 Å². The lowest BCUT2D eigenvalue weighted by Gasteiger charge is -2.53. The van der Waals surface area contributed by atoms with Crippen molar-refractivity contribution in [3.63, 3.8) is 0 Å². The Labute approximate surface area is 279 Å². The fourth-order valence-electron chi connectivity index (χ4n) is 9.61. The van der Waals surface area contributed by atoms with Crippen molar-refractivity contribution in [2.45, 2.75) is 154 Å². The van der Waals surface area contributed by atoms with Crippen molar-refractivity contribution in [1.82, 2.24) is 4.90 Å². The highest BCUT2D eigenvalue weighted by atomic mass is 16.7. The number of rotatable bonds is 17. The first-order valence-corrected chi connectivity index (χ1v) is 19.1. The molecule has 2 saturated carbocycles. The van der Waals surface area contributed by atoms with Crippen LogP contribution in [0, 0.1) is 23.2 Å². The van der Waals surface area contributed by atoms with Gasteiger partial charge in [-0.15, -0.1) is 0 Å². The summed E-state index contributed by atoms with van der Waals surface area (Å²) in [7, 11) is 3.64. The smallest absolute Gasteiger partial charge is 0.222 e. The van der Waals surface area contributed by atoms with Gasteiger partial charge in [0.25, 0.3) is 0 Å². The summed E-state index contributed by atoms with van der Waals surface area (Å²) in [6, 6.07) is 6.27. The van der Waals surface area contributed by atoms with E-state index in [-0.39, 0.29) is 23.7 Å². The van der Waals surface area contributed by atoms with Crippen LogP contribution in [0.25, 0.3) is 0 Å². The number of benzene rings is 1. The van der Waals surface area contributed by atoms with Crippen molar-refractivity contribution >= 4 is 11.7 Å². The number of carbonyl (C=O) groups excluding carboxylic acids is 2. The van der Waals surface area contributed by atoms with Crippen molar-refractivity contribution in [1.29, 1.82) is 0 Å². The van der Waals surface area contributed by atoms with Gasteiger partial charge in [0.2, 0.25) is 5.91 Å². The fraction of sp³-hybridized carbons (Fsp3) is 0.800. The Morgan fingerprint density at radius 2 is 1.74 bits per heavy atom. The van der Waals surface area contributed by atoms with Crippen molar-refractivity contribution in [3.05, 3.63) is 29.3 Å². The third kappa shape index (κ3) is 8.20. The summed E-state index contributed by atoms with van der Waals surface area (Å²) in [5, 5.41) is 0. The molecule has 7 atom stereocenters. The van der Waals surface area contributed by atoms with E-state index < -0.39 is 0 Å². The van der Waals surface area contributed by atoms with Gasteiger partial charge in [-0.05, 0) is 105 Å². The monoisotopic (exact) mass is 637 g/mol. The Hall–Kier alpha value is -1.92. The Morgan fingerprint density at radius 1 is 0.978 bits per heavy atom. The summed E-state index contributed by atoms with van der Waals surface area (Å²) in [4.78, 5) is 28.5. The zero-order valence-electron chi connectivity index (χ0n) is 29.5. The molecular weight excluding hydrogens is 574 g/mol. The summed E-state index contributed by atoms with van der Waals surface area (Å²) >= 11 is 0. The van der Waals surface area contributed by atoms with Crippen LogP contribution in [0.1, 0.15) is 158 Å². The van der Waals surface area contributed by atoms with E-state index in [1.54, 1.807) is 7.11 Å². The first-order valence-electron chi connectivity index (χ1n) is 19.1. The van der Waals surface area contributed by atoms with Gasteiger partial charge in [-0.1, -0.05) is 71.3 Å². The fourth-order valence-corrected chi connectivity index (χ4v) is 9.61. The minimum atomic E-state index is -0.0521. The van der Waals surface area contributed by atoms with Gasteiger partial charge < -0.3 is 19.1 Å². The predicted molar refractivity (Wildman–Crippen MR) is 184 cm³/mol.